The molecule has 0 saturated carbocycles. The smallest absolute Gasteiger partial charge is 0.243 e. The van der Waals surface area contributed by atoms with E-state index in [2.05, 4.69) is 10.3 Å². The quantitative estimate of drug-likeness (QED) is 0.894. The molecule has 1 saturated heterocycles. The number of carbonyl (C=O) groups excluding carboxylic acids is 1. The predicted octanol–water partition coefficient (Wildman–Crippen LogP) is 2.74. The lowest BCUT2D eigenvalue weighted by molar-refractivity contribution is -0.120. The number of hydrogen-bond acceptors (Lipinski definition) is 4. The summed E-state index contributed by atoms with van der Waals surface area (Å²) in [5, 5.41) is 2.83. The highest BCUT2D eigenvalue weighted by molar-refractivity contribution is 7.89. The molecule has 1 aromatic carbocycles. The Balaban J connectivity index is 1.73. The second-order valence-corrected chi connectivity index (χ2v) is 8.61. The third-order valence-corrected chi connectivity index (χ3v) is 6.54. The molecule has 0 spiro atoms. The van der Waals surface area contributed by atoms with Gasteiger partial charge in [0.05, 0.1) is 10.8 Å². The summed E-state index contributed by atoms with van der Waals surface area (Å²) >= 11 is 0. The molecule has 3 rings (SSSR count). The fraction of sp³-hybridized carbons (Fsp3) is 0.368. The van der Waals surface area contributed by atoms with Crippen LogP contribution in [0.3, 0.4) is 0 Å². The number of piperidine rings is 1. The maximum absolute atomic E-state index is 12.9. The van der Waals surface area contributed by atoms with Crippen LogP contribution in [0.25, 0.3) is 0 Å². The predicted molar refractivity (Wildman–Crippen MR) is 100 cm³/mol. The number of pyridine rings is 1. The van der Waals surface area contributed by atoms with E-state index in [9.17, 15) is 13.2 Å². The van der Waals surface area contributed by atoms with Crippen LogP contribution in [0.15, 0.2) is 47.5 Å². The highest BCUT2D eigenvalue weighted by Crippen LogP contribution is 2.25. The van der Waals surface area contributed by atoms with Crippen molar-refractivity contribution >= 4 is 21.7 Å². The number of nitrogens with zero attached hydrogens (tertiary/aromatic N) is 2. The minimum atomic E-state index is -3.59. The number of sulfonamides is 1. The van der Waals surface area contributed by atoms with Gasteiger partial charge in [-0.05, 0) is 50.5 Å². The first-order chi connectivity index (χ1) is 12.4. The van der Waals surface area contributed by atoms with E-state index in [1.54, 1.807) is 30.5 Å². The number of aromatic nitrogens is 1. The maximum atomic E-state index is 12.9. The van der Waals surface area contributed by atoms with Crippen molar-refractivity contribution < 1.29 is 13.2 Å². The fourth-order valence-electron chi connectivity index (χ4n) is 3.07. The lowest BCUT2D eigenvalue weighted by atomic mass is 9.99. The highest BCUT2D eigenvalue weighted by Gasteiger charge is 2.33. The van der Waals surface area contributed by atoms with Gasteiger partial charge in [-0.25, -0.2) is 13.4 Å². The summed E-state index contributed by atoms with van der Waals surface area (Å²) in [4.78, 5) is 17.0. The molecule has 2 heterocycles. The van der Waals surface area contributed by atoms with E-state index in [4.69, 9.17) is 0 Å². The van der Waals surface area contributed by atoms with E-state index in [1.165, 1.54) is 4.31 Å². The number of carbonyl (C=O) groups is 1. The summed E-state index contributed by atoms with van der Waals surface area (Å²) in [5.41, 5.74) is 1.88. The molecule has 1 N–H and O–H groups in total. The number of nitrogens with one attached hydrogen (secondary N) is 1. The molecule has 1 aromatic heterocycles. The van der Waals surface area contributed by atoms with Crippen molar-refractivity contribution in [2.45, 2.75) is 31.6 Å². The molecular weight excluding hydrogens is 350 g/mol. The van der Waals surface area contributed by atoms with Gasteiger partial charge in [-0.2, -0.15) is 4.31 Å². The Kier molecular flexibility index (Phi) is 5.38. The molecule has 1 unspecified atom stereocenters. The Labute approximate surface area is 154 Å². The molecular formula is C19H23N3O3S. The first-order valence-corrected chi connectivity index (χ1v) is 10.1. The summed E-state index contributed by atoms with van der Waals surface area (Å²) in [6.45, 7) is 4.41. The number of hydrogen-bond donors (Lipinski definition) is 1. The molecule has 7 heteroatoms. The van der Waals surface area contributed by atoms with Crippen LogP contribution in [0.1, 0.15) is 24.0 Å². The van der Waals surface area contributed by atoms with E-state index >= 15 is 0 Å². The Morgan fingerprint density at radius 2 is 1.92 bits per heavy atom. The number of anilines is 1. The van der Waals surface area contributed by atoms with Crippen molar-refractivity contribution in [1.29, 1.82) is 0 Å². The van der Waals surface area contributed by atoms with Gasteiger partial charge in [-0.3, -0.25) is 4.79 Å². The number of benzene rings is 1. The second-order valence-electron chi connectivity index (χ2n) is 6.67. The molecule has 1 fully saturated rings. The van der Waals surface area contributed by atoms with E-state index in [-0.39, 0.29) is 23.3 Å². The Morgan fingerprint density at radius 1 is 1.19 bits per heavy atom. The van der Waals surface area contributed by atoms with Crippen LogP contribution in [0.5, 0.6) is 0 Å². The number of aryl methyl sites for hydroxylation is 2. The molecule has 0 radical (unpaired) electrons. The van der Waals surface area contributed by atoms with Crippen molar-refractivity contribution in [2.75, 3.05) is 18.4 Å². The number of rotatable bonds is 4. The monoisotopic (exact) mass is 373 g/mol. The van der Waals surface area contributed by atoms with Gasteiger partial charge in [-0.15, -0.1) is 0 Å². The maximum Gasteiger partial charge on any atom is 0.243 e. The second kappa shape index (κ2) is 7.55. The van der Waals surface area contributed by atoms with Gasteiger partial charge in [0, 0.05) is 19.3 Å². The van der Waals surface area contributed by atoms with Gasteiger partial charge in [0.2, 0.25) is 15.9 Å². The van der Waals surface area contributed by atoms with Crippen LogP contribution in [0.4, 0.5) is 5.82 Å². The lowest BCUT2D eigenvalue weighted by Crippen LogP contribution is -2.43. The van der Waals surface area contributed by atoms with E-state index in [0.717, 1.165) is 11.1 Å². The zero-order chi connectivity index (χ0) is 18.7. The van der Waals surface area contributed by atoms with Crippen LogP contribution in [-0.2, 0) is 14.8 Å². The summed E-state index contributed by atoms with van der Waals surface area (Å²) in [6.07, 6.45) is 2.94. The zero-order valence-corrected chi connectivity index (χ0v) is 15.8. The molecule has 138 valence electrons. The van der Waals surface area contributed by atoms with Crippen molar-refractivity contribution in [2.24, 2.45) is 5.92 Å². The first kappa shape index (κ1) is 18.5. The zero-order valence-electron chi connectivity index (χ0n) is 15.0. The third kappa shape index (κ3) is 3.94. The van der Waals surface area contributed by atoms with Crippen molar-refractivity contribution in [1.82, 2.24) is 9.29 Å². The summed E-state index contributed by atoms with van der Waals surface area (Å²) < 4.78 is 27.1. The van der Waals surface area contributed by atoms with Crippen LogP contribution < -0.4 is 5.32 Å². The normalized spacial score (nSPS) is 18.5. The minimum Gasteiger partial charge on any atom is -0.310 e. The molecule has 1 aliphatic rings. The molecule has 2 aromatic rings. The van der Waals surface area contributed by atoms with E-state index in [1.807, 2.05) is 26.0 Å². The number of amides is 1. The minimum absolute atomic E-state index is 0.185. The van der Waals surface area contributed by atoms with E-state index < -0.39 is 10.0 Å². The standard InChI is InChI=1S/C19H23N3O3S/c1-14-7-9-17(10-8-14)26(24,25)22-12-4-6-16(13-22)19(23)21-18-15(2)5-3-11-20-18/h3,5,7-11,16H,4,6,12-13H2,1-2H3,(H,20,21,23). The van der Waals surface area contributed by atoms with Crippen LogP contribution in [0.2, 0.25) is 0 Å². The molecule has 26 heavy (non-hydrogen) atoms. The third-order valence-electron chi connectivity index (χ3n) is 4.66. The van der Waals surface area contributed by atoms with Crippen molar-refractivity contribution in [3.05, 3.63) is 53.7 Å². The molecule has 0 bridgehead atoms. The van der Waals surface area contributed by atoms with Crippen molar-refractivity contribution in [3.8, 4) is 0 Å². The molecule has 6 nitrogen and oxygen atoms in total. The van der Waals surface area contributed by atoms with Gasteiger partial charge >= 0.3 is 0 Å². The molecule has 0 aliphatic carbocycles. The Bertz CT molecular complexity index is 895. The average molecular weight is 373 g/mol. The van der Waals surface area contributed by atoms with Gasteiger partial charge in [0.1, 0.15) is 5.82 Å². The Morgan fingerprint density at radius 3 is 2.62 bits per heavy atom. The summed E-state index contributed by atoms with van der Waals surface area (Å²) in [5.74, 6) is -0.0444. The molecule has 1 aliphatic heterocycles. The fourth-order valence-corrected chi connectivity index (χ4v) is 4.59. The molecule has 1 atom stereocenters. The average Bonchev–Trinajstić information content (AvgIpc) is 2.64. The van der Waals surface area contributed by atoms with Crippen LogP contribution in [0, 0.1) is 19.8 Å². The SMILES string of the molecule is Cc1ccc(S(=O)(=O)N2CCCC(C(=O)Nc3ncccc3C)C2)cc1. The van der Waals surface area contributed by atoms with Gasteiger partial charge in [0.15, 0.2) is 0 Å². The van der Waals surface area contributed by atoms with Crippen molar-refractivity contribution in [3.63, 3.8) is 0 Å². The van der Waals surface area contributed by atoms with Gasteiger partial charge < -0.3 is 5.32 Å². The Hall–Kier alpha value is -2.25. The van der Waals surface area contributed by atoms with Gasteiger partial charge in [0.25, 0.3) is 0 Å². The molecule has 1 amide bonds. The highest BCUT2D eigenvalue weighted by atomic mass is 32.2. The summed E-state index contributed by atoms with van der Waals surface area (Å²) in [6, 6.07) is 10.5. The first-order valence-electron chi connectivity index (χ1n) is 8.67. The summed E-state index contributed by atoms with van der Waals surface area (Å²) in [7, 11) is -3.59. The lowest BCUT2D eigenvalue weighted by Gasteiger charge is -2.31. The van der Waals surface area contributed by atoms with Crippen LogP contribution in [-0.4, -0.2) is 36.7 Å². The topological polar surface area (TPSA) is 79.4 Å². The largest absolute Gasteiger partial charge is 0.310 e. The van der Waals surface area contributed by atoms with E-state index in [0.29, 0.717) is 25.2 Å². The van der Waals surface area contributed by atoms with Crippen LogP contribution >= 0.6 is 0 Å². The van der Waals surface area contributed by atoms with Gasteiger partial charge in [-0.1, -0.05) is 23.8 Å².